The molecule has 0 aliphatic carbocycles. The number of rotatable bonds is 5. The number of carbonyl (C=O) groups excluding carboxylic acids is 2. The zero-order chi connectivity index (χ0) is 19.7. The Hall–Kier alpha value is -3.22. The number of anilines is 1. The average Bonchev–Trinajstić information content (AvgIpc) is 2.87. The summed E-state index contributed by atoms with van der Waals surface area (Å²) in [6, 6.07) is 7.62. The Kier molecular flexibility index (Phi) is 4.94. The molecule has 0 aromatic heterocycles. The maximum Gasteiger partial charge on any atom is 0.277 e. The highest BCUT2D eigenvalue weighted by molar-refractivity contribution is 6.17. The Balaban J connectivity index is 1.68. The van der Waals surface area contributed by atoms with Crippen LogP contribution in [0.25, 0.3) is 0 Å². The van der Waals surface area contributed by atoms with Gasteiger partial charge in [0.2, 0.25) is 0 Å². The van der Waals surface area contributed by atoms with Crippen molar-refractivity contribution < 1.29 is 23.5 Å². The van der Waals surface area contributed by atoms with Gasteiger partial charge in [-0.2, -0.15) is 0 Å². The summed E-state index contributed by atoms with van der Waals surface area (Å²) < 4.78 is 26.8. The van der Waals surface area contributed by atoms with Crippen molar-refractivity contribution in [1.29, 1.82) is 0 Å². The smallest absolute Gasteiger partial charge is 0.277 e. The van der Waals surface area contributed by atoms with Crippen molar-refractivity contribution in [3.63, 3.8) is 0 Å². The Bertz CT molecular complexity index is 947. The van der Waals surface area contributed by atoms with Gasteiger partial charge >= 0.3 is 0 Å². The van der Waals surface area contributed by atoms with Crippen molar-refractivity contribution >= 4 is 17.5 Å². The van der Waals surface area contributed by atoms with Crippen LogP contribution in [0, 0.1) is 25.5 Å². The predicted octanol–water partition coefficient (Wildman–Crippen LogP) is 3.19. The number of nitrogens with one attached hydrogen (secondary N) is 1. The number of phenolic OH excluding ortho intramolecular Hbond substituents is 1. The Morgan fingerprint density at radius 1 is 1.04 bits per heavy atom. The minimum Gasteiger partial charge on any atom is -0.503 e. The zero-order valence-electron chi connectivity index (χ0n) is 14.8. The van der Waals surface area contributed by atoms with E-state index in [1.54, 1.807) is 0 Å². The molecule has 140 valence electrons. The molecule has 0 saturated carbocycles. The van der Waals surface area contributed by atoms with Gasteiger partial charge in [0.1, 0.15) is 5.70 Å². The highest BCUT2D eigenvalue weighted by Gasteiger charge is 2.31. The molecule has 1 heterocycles. The predicted molar refractivity (Wildman–Crippen MR) is 96.1 cm³/mol. The lowest BCUT2D eigenvalue weighted by Gasteiger charge is -2.16. The molecule has 0 unspecified atom stereocenters. The van der Waals surface area contributed by atoms with Gasteiger partial charge in [-0.05, 0) is 37.0 Å². The molecule has 0 fully saturated rings. The molecule has 1 aliphatic heterocycles. The minimum absolute atomic E-state index is 0.0776. The number of halogens is 2. The highest BCUT2D eigenvalue weighted by Crippen LogP contribution is 2.26. The lowest BCUT2D eigenvalue weighted by molar-refractivity contribution is -0.137. The molecule has 0 radical (unpaired) electrons. The van der Waals surface area contributed by atoms with Crippen molar-refractivity contribution in [2.75, 3.05) is 11.9 Å². The summed E-state index contributed by atoms with van der Waals surface area (Å²) in [5.41, 5.74) is 3.13. The molecular weight excluding hydrogens is 354 g/mol. The topological polar surface area (TPSA) is 69.6 Å². The lowest BCUT2D eigenvalue weighted by Crippen LogP contribution is -2.33. The van der Waals surface area contributed by atoms with Gasteiger partial charge in [-0.3, -0.25) is 14.5 Å². The summed E-state index contributed by atoms with van der Waals surface area (Å²) in [4.78, 5) is 25.6. The number of amides is 2. The van der Waals surface area contributed by atoms with E-state index in [-0.39, 0.29) is 17.9 Å². The number of hydrogen-bond donors (Lipinski definition) is 2. The maximum atomic E-state index is 13.4. The van der Waals surface area contributed by atoms with Gasteiger partial charge in [-0.25, -0.2) is 8.78 Å². The number of imide groups is 1. The van der Waals surface area contributed by atoms with Crippen molar-refractivity contribution in [1.82, 2.24) is 4.90 Å². The number of nitrogens with zero attached hydrogens (tertiary/aromatic N) is 1. The molecule has 0 bridgehead atoms. The number of benzene rings is 2. The normalized spacial score (nSPS) is 13.9. The molecule has 3 rings (SSSR count). The Morgan fingerprint density at radius 2 is 1.70 bits per heavy atom. The summed E-state index contributed by atoms with van der Waals surface area (Å²) >= 11 is 0. The molecule has 1 aliphatic rings. The van der Waals surface area contributed by atoms with Gasteiger partial charge in [0, 0.05) is 30.4 Å². The Labute approximate surface area is 154 Å². The van der Waals surface area contributed by atoms with Crippen LogP contribution in [0.15, 0.2) is 42.1 Å². The van der Waals surface area contributed by atoms with Crippen LogP contribution < -0.4 is 5.32 Å². The van der Waals surface area contributed by atoms with Gasteiger partial charge in [0.15, 0.2) is 17.4 Å². The van der Waals surface area contributed by atoms with E-state index in [2.05, 4.69) is 5.32 Å². The zero-order valence-corrected chi connectivity index (χ0v) is 14.8. The second kappa shape index (κ2) is 7.19. The van der Waals surface area contributed by atoms with Gasteiger partial charge in [-0.15, -0.1) is 0 Å². The number of hydrogen-bond acceptors (Lipinski definition) is 4. The number of phenols is 1. The van der Waals surface area contributed by atoms with Crippen LogP contribution in [0.2, 0.25) is 0 Å². The lowest BCUT2D eigenvalue weighted by atomic mass is 10.0. The molecule has 2 amide bonds. The van der Waals surface area contributed by atoms with Crippen molar-refractivity contribution in [3.05, 3.63) is 70.4 Å². The van der Waals surface area contributed by atoms with Gasteiger partial charge < -0.3 is 10.4 Å². The van der Waals surface area contributed by atoms with E-state index in [1.165, 1.54) is 0 Å². The van der Waals surface area contributed by atoms with Crippen molar-refractivity contribution in [3.8, 4) is 5.75 Å². The molecule has 27 heavy (non-hydrogen) atoms. The third-order valence-electron chi connectivity index (χ3n) is 4.50. The molecule has 7 heteroatoms. The molecule has 5 nitrogen and oxygen atoms in total. The second-order valence-electron chi connectivity index (χ2n) is 6.44. The van der Waals surface area contributed by atoms with Crippen LogP contribution in [-0.4, -0.2) is 28.4 Å². The largest absolute Gasteiger partial charge is 0.503 e. The van der Waals surface area contributed by atoms with E-state index in [0.29, 0.717) is 6.42 Å². The number of aromatic hydroxyl groups is 1. The minimum atomic E-state index is -1.17. The Morgan fingerprint density at radius 3 is 2.33 bits per heavy atom. The molecule has 2 N–H and O–H groups in total. The molecular formula is C20H18F2N2O3. The quantitative estimate of drug-likeness (QED) is 0.625. The van der Waals surface area contributed by atoms with Crippen LogP contribution in [0.4, 0.5) is 14.5 Å². The monoisotopic (exact) mass is 372 g/mol. The number of aryl methyl sites for hydroxylation is 2. The summed E-state index contributed by atoms with van der Waals surface area (Å²) in [5, 5.41) is 11.7. The van der Waals surface area contributed by atoms with Crippen LogP contribution in [0.3, 0.4) is 0 Å². The van der Waals surface area contributed by atoms with E-state index in [1.807, 2.05) is 32.0 Å². The SMILES string of the molecule is Cc1ccc(CCN2C(=O)C=C(Nc3cc(F)c(O)c(F)c3)C2=O)cc1C. The summed E-state index contributed by atoms with van der Waals surface area (Å²) in [7, 11) is 0. The molecule has 0 atom stereocenters. The van der Waals surface area contributed by atoms with E-state index in [0.717, 1.165) is 39.8 Å². The standard InChI is InChI=1S/C20H18F2N2O3/c1-11-3-4-13(7-12(11)2)5-6-24-18(25)10-17(20(24)27)23-14-8-15(21)19(26)16(22)9-14/h3-4,7-10,23,26H,5-6H2,1-2H3. The first-order valence-corrected chi connectivity index (χ1v) is 8.35. The van der Waals surface area contributed by atoms with E-state index >= 15 is 0 Å². The first-order valence-electron chi connectivity index (χ1n) is 8.35. The van der Waals surface area contributed by atoms with E-state index < -0.39 is 29.2 Å². The third kappa shape index (κ3) is 3.81. The van der Waals surface area contributed by atoms with Crippen molar-refractivity contribution in [2.45, 2.75) is 20.3 Å². The second-order valence-corrected chi connectivity index (χ2v) is 6.44. The highest BCUT2D eigenvalue weighted by atomic mass is 19.1. The van der Waals surface area contributed by atoms with E-state index in [4.69, 9.17) is 5.11 Å². The average molecular weight is 372 g/mol. The summed E-state index contributed by atoms with van der Waals surface area (Å²) in [6.45, 7) is 4.19. The molecule has 0 spiro atoms. The van der Waals surface area contributed by atoms with E-state index in [9.17, 15) is 18.4 Å². The fourth-order valence-corrected chi connectivity index (χ4v) is 2.80. The van der Waals surface area contributed by atoms with Gasteiger partial charge in [0.05, 0.1) is 0 Å². The van der Waals surface area contributed by atoms with Crippen LogP contribution in [0.1, 0.15) is 16.7 Å². The summed E-state index contributed by atoms with van der Waals surface area (Å²) in [6.07, 6.45) is 1.59. The summed E-state index contributed by atoms with van der Waals surface area (Å²) in [5.74, 6) is -4.50. The third-order valence-corrected chi connectivity index (χ3v) is 4.50. The van der Waals surface area contributed by atoms with Gasteiger partial charge in [0.25, 0.3) is 11.8 Å². The van der Waals surface area contributed by atoms with Crippen LogP contribution >= 0.6 is 0 Å². The fraction of sp³-hybridized carbons (Fsp3) is 0.200. The molecule has 0 saturated heterocycles. The molecule has 2 aromatic rings. The van der Waals surface area contributed by atoms with Crippen molar-refractivity contribution in [2.24, 2.45) is 0 Å². The molecule has 2 aromatic carbocycles. The first-order chi connectivity index (χ1) is 12.8. The van der Waals surface area contributed by atoms with Crippen LogP contribution in [0.5, 0.6) is 5.75 Å². The maximum absolute atomic E-state index is 13.4. The first kappa shape index (κ1) is 18.6. The number of carbonyl (C=O) groups is 2. The van der Waals surface area contributed by atoms with Crippen LogP contribution in [-0.2, 0) is 16.0 Å². The van der Waals surface area contributed by atoms with Gasteiger partial charge in [-0.1, -0.05) is 18.2 Å². The fourth-order valence-electron chi connectivity index (χ4n) is 2.80.